The van der Waals surface area contributed by atoms with Gasteiger partial charge < -0.3 is 15.7 Å². The van der Waals surface area contributed by atoms with Gasteiger partial charge in [0.2, 0.25) is 9.84 Å². The van der Waals surface area contributed by atoms with Gasteiger partial charge in [0, 0.05) is 18.6 Å². The van der Waals surface area contributed by atoms with E-state index in [2.05, 4.69) is 10.6 Å². The van der Waals surface area contributed by atoms with E-state index < -0.39 is 32.8 Å². The summed E-state index contributed by atoms with van der Waals surface area (Å²) < 4.78 is 25.9. The Labute approximate surface area is 189 Å². The Hall–Kier alpha value is -4.25. The van der Waals surface area contributed by atoms with Crippen LogP contribution in [0.1, 0.15) is 5.56 Å². The molecule has 170 valence electrons. The van der Waals surface area contributed by atoms with E-state index in [0.717, 1.165) is 0 Å². The Balaban J connectivity index is 1.77. The van der Waals surface area contributed by atoms with Crippen LogP contribution in [0.4, 0.5) is 16.2 Å². The molecule has 3 N–H and O–H groups in total. The topological polar surface area (TPSA) is 156 Å². The summed E-state index contributed by atoms with van der Waals surface area (Å²) in [5.74, 6) is -1.33. The second kappa shape index (κ2) is 9.92. The summed E-state index contributed by atoms with van der Waals surface area (Å²) in [5.41, 5.74) is 0.297. The number of carbonyl (C=O) groups excluding carboxylic acids is 1. The summed E-state index contributed by atoms with van der Waals surface area (Å²) in [7, 11) is -3.93. The van der Waals surface area contributed by atoms with Crippen LogP contribution in [-0.4, -0.2) is 36.5 Å². The molecule has 2 amide bonds. The van der Waals surface area contributed by atoms with Crippen molar-refractivity contribution in [1.29, 1.82) is 0 Å². The van der Waals surface area contributed by atoms with E-state index in [9.17, 15) is 33.2 Å². The number of carbonyl (C=O) groups is 2. The number of nitrogens with zero attached hydrogens (tertiary/aromatic N) is 1. The van der Waals surface area contributed by atoms with Gasteiger partial charge in [0.05, 0.1) is 20.4 Å². The number of benzene rings is 3. The molecule has 11 heteroatoms. The third kappa shape index (κ3) is 5.71. The van der Waals surface area contributed by atoms with Gasteiger partial charge in [0.1, 0.15) is 6.04 Å². The fourth-order valence-corrected chi connectivity index (χ4v) is 4.47. The lowest BCUT2D eigenvalue weighted by atomic mass is 10.1. The second-order valence-corrected chi connectivity index (χ2v) is 8.85. The molecule has 0 spiro atoms. The summed E-state index contributed by atoms with van der Waals surface area (Å²) in [5, 5.41) is 24.9. The number of nitro groups is 1. The average Bonchev–Trinajstić information content (AvgIpc) is 2.79. The van der Waals surface area contributed by atoms with E-state index >= 15 is 0 Å². The first-order valence-electron chi connectivity index (χ1n) is 9.61. The van der Waals surface area contributed by atoms with Crippen molar-refractivity contribution in [3.8, 4) is 0 Å². The van der Waals surface area contributed by atoms with Crippen LogP contribution < -0.4 is 10.6 Å². The summed E-state index contributed by atoms with van der Waals surface area (Å²) in [6.45, 7) is 0. The zero-order chi connectivity index (χ0) is 24.0. The molecule has 10 nitrogen and oxygen atoms in total. The molecule has 0 aliphatic rings. The summed E-state index contributed by atoms with van der Waals surface area (Å²) in [4.78, 5) is 34.2. The van der Waals surface area contributed by atoms with Gasteiger partial charge in [-0.05, 0) is 29.8 Å². The van der Waals surface area contributed by atoms with Crippen molar-refractivity contribution in [3.63, 3.8) is 0 Å². The molecule has 3 rings (SSSR count). The molecule has 0 aromatic heterocycles. The molecule has 0 fully saturated rings. The van der Waals surface area contributed by atoms with Crippen molar-refractivity contribution in [1.82, 2.24) is 5.32 Å². The Bertz CT molecular complexity index is 1280. The molecule has 0 heterocycles. The third-order valence-corrected chi connectivity index (χ3v) is 6.50. The van der Waals surface area contributed by atoms with Crippen molar-refractivity contribution >= 4 is 33.2 Å². The Morgan fingerprint density at radius 3 is 2.15 bits per heavy atom. The van der Waals surface area contributed by atoms with Gasteiger partial charge in [-0.25, -0.2) is 18.0 Å². The minimum Gasteiger partial charge on any atom is -0.480 e. The number of hydrogen-bond acceptors (Lipinski definition) is 6. The number of para-hydroxylation sites is 1. The number of amides is 2. The number of aliphatic carboxylic acids is 1. The zero-order valence-electron chi connectivity index (χ0n) is 17.0. The lowest BCUT2D eigenvalue weighted by Crippen LogP contribution is -2.44. The second-order valence-electron chi connectivity index (χ2n) is 6.93. The summed E-state index contributed by atoms with van der Waals surface area (Å²) >= 11 is 0. The Morgan fingerprint density at radius 2 is 1.55 bits per heavy atom. The number of hydrogen-bond donors (Lipinski definition) is 3. The maximum Gasteiger partial charge on any atom is 0.326 e. The van der Waals surface area contributed by atoms with Crippen molar-refractivity contribution in [2.24, 2.45) is 0 Å². The molecule has 1 atom stereocenters. The number of carboxylic acids is 1. The predicted octanol–water partition coefficient (Wildman–Crippen LogP) is 3.25. The van der Waals surface area contributed by atoms with E-state index in [4.69, 9.17) is 0 Å². The molecule has 0 aliphatic heterocycles. The van der Waals surface area contributed by atoms with Gasteiger partial charge in [0.25, 0.3) is 5.69 Å². The standard InChI is InChI=1S/C22H19N3O7S/c26-21(27)19(14-15-10-12-16(13-11-15)25(29)30)24-22(28)23-18-8-4-5-9-20(18)33(31,32)17-6-2-1-3-7-17/h1-13,19H,14H2,(H,26,27)(H2,23,24,28)/t19-/m0/s1. The molecule has 0 radical (unpaired) electrons. The number of urea groups is 1. The van der Waals surface area contributed by atoms with Crippen LogP contribution in [0.2, 0.25) is 0 Å². The van der Waals surface area contributed by atoms with Crippen molar-refractivity contribution < 1.29 is 28.0 Å². The summed E-state index contributed by atoms with van der Waals surface area (Å²) in [6.07, 6.45) is -0.134. The van der Waals surface area contributed by atoms with Crippen molar-refractivity contribution in [2.75, 3.05) is 5.32 Å². The molecule has 3 aromatic rings. The number of nitro benzene ring substituents is 1. The van der Waals surface area contributed by atoms with Crippen molar-refractivity contribution in [2.45, 2.75) is 22.3 Å². The predicted molar refractivity (Wildman–Crippen MR) is 119 cm³/mol. The third-order valence-electron chi connectivity index (χ3n) is 4.67. The first-order chi connectivity index (χ1) is 15.7. The van der Waals surface area contributed by atoms with Crippen LogP contribution in [0.15, 0.2) is 88.7 Å². The normalized spacial score (nSPS) is 11.9. The highest BCUT2D eigenvalue weighted by molar-refractivity contribution is 7.91. The molecule has 0 saturated heterocycles. The van der Waals surface area contributed by atoms with Crippen LogP contribution in [0.3, 0.4) is 0 Å². The van der Waals surface area contributed by atoms with Gasteiger partial charge >= 0.3 is 12.0 Å². The van der Waals surface area contributed by atoms with Crippen LogP contribution in [0, 0.1) is 10.1 Å². The van der Waals surface area contributed by atoms with Crippen LogP contribution in [-0.2, 0) is 21.1 Å². The molecule has 0 aliphatic carbocycles. The van der Waals surface area contributed by atoms with Crippen LogP contribution >= 0.6 is 0 Å². The minimum absolute atomic E-state index is 0.0154. The first-order valence-corrected chi connectivity index (χ1v) is 11.1. The highest BCUT2D eigenvalue weighted by atomic mass is 32.2. The quantitative estimate of drug-likeness (QED) is 0.338. The Morgan fingerprint density at radius 1 is 0.939 bits per heavy atom. The maximum atomic E-state index is 13.0. The number of carboxylic acid groups (broad SMARTS) is 1. The number of rotatable bonds is 8. The molecule has 33 heavy (non-hydrogen) atoms. The van der Waals surface area contributed by atoms with Crippen molar-refractivity contribution in [3.05, 3.63) is 94.5 Å². The number of non-ortho nitro benzene ring substituents is 1. The average molecular weight is 469 g/mol. The summed E-state index contributed by atoms with van der Waals surface area (Å²) in [6, 6.07) is 16.4. The molecule has 0 saturated carbocycles. The van der Waals surface area contributed by atoms with Gasteiger partial charge in [0.15, 0.2) is 0 Å². The van der Waals surface area contributed by atoms with Gasteiger partial charge in [-0.1, -0.05) is 42.5 Å². The first kappa shape index (κ1) is 23.4. The van der Waals surface area contributed by atoms with E-state index in [1.165, 1.54) is 60.7 Å². The molecule has 3 aromatic carbocycles. The smallest absolute Gasteiger partial charge is 0.326 e. The molecular formula is C22H19N3O7S. The Kier molecular flexibility index (Phi) is 7.04. The van der Waals surface area contributed by atoms with E-state index in [1.54, 1.807) is 18.2 Å². The maximum absolute atomic E-state index is 13.0. The van der Waals surface area contributed by atoms with Crippen LogP contribution in [0.5, 0.6) is 0 Å². The zero-order valence-corrected chi connectivity index (χ0v) is 17.9. The largest absolute Gasteiger partial charge is 0.480 e. The monoisotopic (exact) mass is 469 g/mol. The number of sulfone groups is 1. The highest BCUT2D eigenvalue weighted by Gasteiger charge is 2.24. The van der Waals surface area contributed by atoms with Gasteiger partial charge in [-0.15, -0.1) is 0 Å². The molecular weight excluding hydrogens is 450 g/mol. The molecule has 0 bridgehead atoms. The van der Waals surface area contributed by atoms with Gasteiger partial charge in [-0.3, -0.25) is 10.1 Å². The lowest BCUT2D eigenvalue weighted by Gasteiger charge is -2.17. The highest BCUT2D eigenvalue weighted by Crippen LogP contribution is 2.27. The fourth-order valence-electron chi connectivity index (χ4n) is 3.04. The van der Waals surface area contributed by atoms with Crippen LogP contribution in [0.25, 0.3) is 0 Å². The minimum atomic E-state index is -3.93. The fraction of sp³-hybridized carbons (Fsp3) is 0.0909. The van der Waals surface area contributed by atoms with E-state index in [-0.39, 0.29) is 27.6 Å². The SMILES string of the molecule is O=C(Nc1ccccc1S(=O)(=O)c1ccccc1)N[C@@H](Cc1ccc([N+](=O)[O-])cc1)C(=O)O. The molecule has 0 unspecified atom stereocenters. The number of nitrogens with one attached hydrogen (secondary N) is 2. The number of anilines is 1. The lowest BCUT2D eigenvalue weighted by molar-refractivity contribution is -0.384. The van der Waals surface area contributed by atoms with E-state index in [1.807, 2.05) is 0 Å². The van der Waals surface area contributed by atoms with Gasteiger partial charge in [-0.2, -0.15) is 0 Å². The van der Waals surface area contributed by atoms with E-state index in [0.29, 0.717) is 5.56 Å².